The summed E-state index contributed by atoms with van der Waals surface area (Å²) in [6, 6.07) is 4.02. The molecule has 0 amide bonds. The lowest BCUT2D eigenvalue weighted by Gasteiger charge is -2.29. The first-order valence-corrected chi connectivity index (χ1v) is 12.9. The van der Waals surface area contributed by atoms with Crippen molar-refractivity contribution in [2.45, 2.75) is 41.2 Å². The van der Waals surface area contributed by atoms with Gasteiger partial charge >= 0.3 is 0 Å². The summed E-state index contributed by atoms with van der Waals surface area (Å²) in [6.07, 6.45) is 7.64. The van der Waals surface area contributed by atoms with Gasteiger partial charge in [-0.05, 0) is 50.7 Å². The number of likely N-dealkylation sites (tertiary alicyclic amines) is 1. The standard InChI is InChI=1S/C23H28N4O3S2/c1-27-7-2-16(3-8-27)14-29-18-12-19-21(20(13-18)30-17-4-9-28-10-5-17)22(26-15-25-19)32-23-24-6-11-31-23/h6,11-13,15-17H,2-5,7-10,14H2,1H3. The molecule has 0 radical (unpaired) electrons. The van der Waals surface area contributed by atoms with Crippen LogP contribution in [0.5, 0.6) is 11.5 Å². The van der Waals surface area contributed by atoms with Gasteiger partial charge in [0.2, 0.25) is 0 Å². The normalized spacial score (nSPS) is 18.8. The predicted molar refractivity (Wildman–Crippen MR) is 126 cm³/mol. The van der Waals surface area contributed by atoms with Gasteiger partial charge in [-0.15, -0.1) is 11.3 Å². The Hall–Kier alpha value is -1.94. The third-order valence-corrected chi connectivity index (χ3v) is 7.91. The predicted octanol–water partition coefficient (Wildman–Crippen LogP) is 4.52. The molecule has 2 aromatic heterocycles. The first-order chi connectivity index (χ1) is 15.7. The van der Waals surface area contributed by atoms with Crippen LogP contribution >= 0.6 is 23.1 Å². The second kappa shape index (κ2) is 10.3. The summed E-state index contributed by atoms with van der Waals surface area (Å²) in [6.45, 7) is 4.45. The minimum absolute atomic E-state index is 0.119. The van der Waals surface area contributed by atoms with Gasteiger partial charge in [0.15, 0.2) is 4.34 Å². The minimum atomic E-state index is 0.119. The molecule has 3 aromatic rings. The van der Waals surface area contributed by atoms with Gasteiger partial charge in [0.05, 0.1) is 30.7 Å². The maximum atomic E-state index is 6.50. The van der Waals surface area contributed by atoms with Crippen LogP contribution < -0.4 is 9.47 Å². The van der Waals surface area contributed by atoms with E-state index in [2.05, 4.69) is 26.9 Å². The van der Waals surface area contributed by atoms with Crippen LogP contribution in [-0.2, 0) is 4.74 Å². The zero-order valence-electron chi connectivity index (χ0n) is 18.2. The SMILES string of the molecule is CN1CCC(COc2cc(OC3CCOCC3)c3c(Sc4nccs4)ncnc3c2)CC1. The lowest BCUT2D eigenvalue weighted by atomic mass is 9.98. The Bertz CT molecular complexity index is 1020. The van der Waals surface area contributed by atoms with Crippen molar-refractivity contribution in [2.75, 3.05) is 40.0 Å². The Morgan fingerprint density at radius 3 is 2.75 bits per heavy atom. The van der Waals surface area contributed by atoms with Crippen molar-refractivity contribution < 1.29 is 14.2 Å². The fourth-order valence-electron chi connectivity index (χ4n) is 4.11. The van der Waals surface area contributed by atoms with Crippen molar-refractivity contribution >= 4 is 34.0 Å². The van der Waals surface area contributed by atoms with Gasteiger partial charge in [0, 0.05) is 36.6 Å². The summed E-state index contributed by atoms with van der Waals surface area (Å²) in [7, 11) is 2.18. The summed E-state index contributed by atoms with van der Waals surface area (Å²) >= 11 is 3.15. The molecule has 2 fully saturated rings. The van der Waals surface area contributed by atoms with E-state index in [1.54, 1.807) is 29.4 Å². The Labute approximate surface area is 196 Å². The first kappa shape index (κ1) is 21.9. The van der Waals surface area contributed by atoms with Crippen molar-refractivity contribution in [3.63, 3.8) is 0 Å². The van der Waals surface area contributed by atoms with Crippen LogP contribution in [0.1, 0.15) is 25.7 Å². The molecule has 170 valence electrons. The van der Waals surface area contributed by atoms with Crippen molar-refractivity contribution in [1.82, 2.24) is 19.9 Å². The van der Waals surface area contributed by atoms with E-state index in [1.807, 2.05) is 23.7 Å². The number of hydrogen-bond acceptors (Lipinski definition) is 9. The Balaban J connectivity index is 1.43. The molecule has 32 heavy (non-hydrogen) atoms. The van der Waals surface area contributed by atoms with Gasteiger partial charge in [0.1, 0.15) is 29.0 Å². The third kappa shape index (κ3) is 5.33. The average molecular weight is 473 g/mol. The van der Waals surface area contributed by atoms with E-state index in [-0.39, 0.29) is 6.10 Å². The van der Waals surface area contributed by atoms with Crippen LogP contribution in [0.3, 0.4) is 0 Å². The van der Waals surface area contributed by atoms with E-state index in [0.717, 1.165) is 77.5 Å². The molecule has 2 aliphatic rings. The lowest BCUT2D eigenvalue weighted by Crippen LogP contribution is -2.32. The highest BCUT2D eigenvalue weighted by Crippen LogP contribution is 2.40. The molecular formula is C23H28N4O3S2. The lowest BCUT2D eigenvalue weighted by molar-refractivity contribution is 0.0260. The zero-order chi connectivity index (χ0) is 21.8. The summed E-state index contributed by atoms with van der Waals surface area (Å²) in [5.41, 5.74) is 0.835. The molecule has 0 spiro atoms. The van der Waals surface area contributed by atoms with Crippen LogP contribution in [0.15, 0.2) is 39.4 Å². The van der Waals surface area contributed by atoms with E-state index in [4.69, 9.17) is 14.2 Å². The Morgan fingerprint density at radius 2 is 1.97 bits per heavy atom. The minimum Gasteiger partial charge on any atom is -0.493 e. The van der Waals surface area contributed by atoms with Crippen LogP contribution in [0.2, 0.25) is 0 Å². The fraction of sp³-hybridized carbons (Fsp3) is 0.522. The monoisotopic (exact) mass is 472 g/mol. The number of hydrogen-bond donors (Lipinski definition) is 0. The van der Waals surface area contributed by atoms with E-state index < -0.39 is 0 Å². The average Bonchev–Trinajstić information content (AvgIpc) is 3.32. The number of nitrogens with zero attached hydrogens (tertiary/aromatic N) is 4. The number of benzene rings is 1. The molecule has 5 rings (SSSR count). The summed E-state index contributed by atoms with van der Waals surface area (Å²) in [5.74, 6) is 2.18. The fourth-order valence-corrected chi connectivity index (χ4v) is 5.76. The second-order valence-corrected chi connectivity index (χ2v) is 10.5. The van der Waals surface area contributed by atoms with E-state index in [1.165, 1.54) is 12.8 Å². The van der Waals surface area contributed by atoms with Crippen LogP contribution in [0.4, 0.5) is 0 Å². The Morgan fingerprint density at radius 1 is 1.12 bits per heavy atom. The molecule has 0 atom stereocenters. The maximum Gasteiger partial charge on any atom is 0.156 e. The third-order valence-electron chi connectivity index (χ3n) is 6.02. The van der Waals surface area contributed by atoms with Crippen LogP contribution in [0.25, 0.3) is 10.9 Å². The molecule has 1 aromatic carbocycles. The van der Waals surface area contributed by atoms with Gasteiger partial charge in [0.25, 0.3) is 0 Å². The molecule has 0 aliphatic carbocycles. The van der Waals surface area contributed by atoms with Gasteiger partial charge in [-0.2, -0.15) is 0 Å². The summed E-state index contributed by atoms with van der Waals surface area (Å²) in [4.78, 5) is 15.9. The Kier molecular flexibility index (Phi) is 7.06. The van der Waals surface area contributed by atoms with E-state index in [9.17, 15) is 0 Å². The van der Waals surface area contributed by atoms with Crippen molar-refractivity contribution in [1.29, 1.82) is 0 Å². The molecule has 9 heteroatoms. The first-order valence-electron chi connectivity index (χ1n) is 11.2. The quantitative estimate of drug-likeness (QED) is 0.465. The van der Waals surface area contributed by atoms with E-state index in [0.29, 0.717) is 5.92 Å². The molecule has 2 aliphatic heterocycles. The van der Waals surface area contributed by atoms with Crippen LogP contribution in [0, 0.1) is 5.92 Å². The van der Waals surface area contributed by atoms with Gasteiger partial charge in [-0.1, -0.05) is 0 Å². The highest BCUT2D eigenvalue weighted by atomic mass is 32.2. The van der Waals surface area contributed by atoms with Gasteiger partial charge in [-0.3, -0.25) is 0 Å². The molecular weight excluding hydrogens is 444 g/mol. The van der Waals surface area contributed by atoms with Gasteiger partial charge < -0.3 is 19.1 Å². The van der Waals surface area contributed by atoms with Crippen molar-refractivity contribution in [3.05, 3.63) is 30.0 Å². The van der Waals surface area contributed by atoms with Crippen molar-refractivity contribution in [2.24, 2.45) is 5.92 Å². The number of fused-ring (bicyclic) bond motifs is 1. The van der Waals surface area contributed by atoms with Gasteiger partial charge in [-0.25, -0.2) is 15.0 Å². The molecule has 0 unspecified atom stereocenters. The number of thiazole rings is 1. The molecule has 0 N–H and O–H groups in total. The zero-order valence-corrected chi connectivity index (χ0v) is 19.9. The maximum absolute atomic E-state index is 6.50. The number of piperidine rings is 1. The molecule has 0 saturated carbocycles. The van der Waals surface area contributed by atoms with Crippen molar-refractivity contribution in [3.8, 4) is 11.5 Å². The van der Waals surface area contributed by atoms with Crippen LogP contribution in [-0.4, -0.2) is 65.9 Å². The number of aromatic nitrogens is 3. The molecule has 4 heterocycles. The second-order valence-electron chi connectivity index (χ2n) is 8.38. The van der Waals surface area contributed by atoms with E-state index >= 15 is 0 Å². The molecule has 0 bridgehead atoms. The highest BCUT2D eigenvalue weighted by molar-refractivity contribution is 8.01. The molecule has 7 nitrogen and oxygen atoms in total. The topological polar surface area (TPSA) is 69.6 Å². The number of rotatable bonds is 7. The summed E-state index contributed by atoms with van der Waals surface area (Å²) in [5, 5.41) is 3.75. The highest BCUT2D eigenvalue weighted by Gasteiger charge is 2.22. The summed E-state index contributed by atoms with van der Waals surface area (Å²) < 4.78 is 19.2. The molecule has 2 saturated heterocycles. The largest absolute Gasteiger partial charge is 0.493 e. The number of ether oxygens (including phenoxy) is 3. The smallest absolute Gasteiger partial charge is 0.156 e.